The predicted octanol–water partition coefficient (Wildman–Crippen LogP) is 2.95. The van der Waals surface area contributed by atoms with Crippen LogP contribution in [0.15, 0.2) is 16.6 Å². The molecule has 1 aromatic rings. The molecule has 1 N–H and O–H groups in total. The van der Waals surface area contributed by atoms with E-state index in [0.717, 1.165) is 48.2 Å². The summed E-state index contributed by atoms with van der Waals surface area (Å²) in [5, 5.41) is 10.1. The third-order valence-electron chi connectivity index (χ3n) is 5.51. The van der Waals surface area contributed by atoms with Crippen molar-refractivity contribution in [1.82, 2.24) is 4.90 Å². The van der Waals surface area contributed by atoms with E-state index >= 15 is 0 Å². The number of nitrogens with zero attached hydrogens (tertiary/aromatic N) is 1. The van der Waals surface area contributed by atoms with E-state index in [-0.39, 0.29) is 11.5 Å². The van der Waals surface area contributed by atoms with Crippen LogP contribution in [0, 0.1) is 0 Å². The largest absolute Gasteiger partial charge is 0.493 e. The van der Waals surface area contributed by atoms with Crippen molar-refractivity contribution in [2.75, 3.05) is 27.8 Å². The van der Waals surface area contributed by atoms with Crippen molar-refractivity contribution in [2.45, 2.75) is 43.2 Å². The maximum Gasteiger partial charge on any atom is 0.174 e. The van der Waals surface area contributed by atoms with Gasteiger partial charge in [0.25, 0.3) is 0 Å². The van der Waals surface area contributed by atoms with Crippen LogP contribution in [0.3, 0.4) is 0 Å². The summed E-state index contributed by atoms with van der Waals surface area (Å²) < 4.78 is 11.9. The number of hydrogen-bond acceptors (Lipinski definition) is 4. The Balaban J connectivity index is 2.07. The molecule has 2 aliphatic rings. The summed E-state index contributed by atoms with van der Waals surface area (Å²) in [5.41, 5.74) is 1.40. The fourth-order valence-electron chi connectivity index (χ4n) is 4.30. The molecule has 1 unspecified atom stereocenters. The normalized spacial score (nSPS) is 31.9. The number of fused-ring (bicyclic) bond motifs is 1. The zero-order valence-corrected chi connectivity index (χ0v) is 15.0. The molecule has 0 amide bonds. The van der Waals surface area contributed by atoms with Crippen LogP contribution in [0.2, 0.25) is 0 Å². The molecule has 1 aliphatic heterocycles. The molecular weight excluding hydrogens is 346 g/mol. The number of halogens is 1. The molecule has 0 radical (unpaired) electrons. The molecule has 1 heterocycles. The first kappa shape index (κ1) is 16.1. The molecule has 3 rings (SSSR count). The molecular formula is C17H24BrNO3. The lowest BCUT2D eigenvalue weighted by Gasteiger charge is -2.43. The van der Waals surface area contributed by atoms with E-state index in [4.69, 9.17) is 9.47 Å². The van der Waals surface area contributed by atoms with E-state index in [1.807, 2.05) is 0 Å². The van der Waals surface area contributed by atoms with Crippen molar-refractivity contribution in [1.29, 1.82) is 0 Å². The minimum atomic E-state index is -0.178. The Morgan fingerprint density at radius 3 is 2.73 bits per heavy atom. The second-order valence-corrected chi connectivity index (χ2v) is 7.38. The van der Waals surface area contributed by atoms with Crippen LogP contribution in [0.1, 0.15) is 31.2 Å². The molecule has 4 nitrogen and oxygen atoms in total. The van der Waals surface area contributed by atoms with Gasteiger partial charge in [0, 0.05) is 11.5 Å². The van der Waals surface area contributed by atoms with E-state index in [9.17, 15) is 5.11 Å². The highest BCUT2D eigenvalue weighted by Gasteiger charge is 2.50. The number of likely N-dealkylation sites (N-methyl/N-ethyl adjacent to an activating group) is 1. The zero-order valence-electron chi connectivity index (χ0n) is 13.4. The lowest BCUT2D eigenvalue weighted by molar-refractivity contribution is 0.0566. The number of ether oxygens (including phenoxy) is 2. The lowest BCUT2D eigenvalue weighted by Crippen LogP contribution is -2.47. The first-order chi connectivity index (χ1) is 10.5. The van der Waals surface area contributed by atoms with Gasteiger partial charge in [-0.3, -0.25) is 0 Å². The summed E-state index contributed by atoms with van der Waals surface area (Å²) >= 11 is 3.62. The summed E-state index contributed by atoms with van der Waals surface area (Å²) in [5.74, 6) is 1.50. The van der Waals surface area contributed by atoms with Gasteiger partial charge in [-0.15, -0.1) is 0 Å². The topological polar surface area (TPSA) is 41.9 Å². The molecule has 2 fully saturated rings. The van der Waals surface area contributed by atoms with Crippen molar-refractivity contribution < 1.29 is 14.6 Å². The van der Waals surface area contributed by atoms with Gasteiger partial charge < -0.3 is 19.5 Å². The van der Waals surface area contributed by atoms with E-state index in [0.29, 0.717) is 6.04 Å². The van der Waals surface area contributed by atoms with Gasteiger partial charge in [-0.25, -0.2) is 0 Å². The number of hydrogen-bond donors (Lipinski definition) is 1. The van der Waals surface area contributed by atoms with Crippen molar-refractivity contribution in [3.8, 4) is 11.5 Å². The zero-order chi connectivity index (χ0) is 15.9. The van der Waals surface area contributed by atoms with Gasteiger partial charge in [0.2, 0.25) is 0 Å². The quantitative estimate of drug-likeness (QED) is 0.889. The minimum Gasteiger partial charge on any atom is -0.493 e. The number of methoxy groups -OCH3 is 2. The smallest absolute Gasteiger partial charge is 0.174 e. The molecule has 122 valence electrons. The van der Waals surface area contributed by atoms with Gasteiger partial charge in [-0.05, 0) is 72.9 Å². The SMILES string of the molecule is COc1cc([C@]23CCC(O)C[C@H]2N(C)CC3)cc(Br)c1OC. The number of likely N-dealkylation sites (tertiary alicyclic amines) is 1. The molecule has 0 aromatic heterocycles. The van der Waals surface area contributed by atoms with Gasteiger partial charge in [-0.1, -0.05) is 0 Å². The standard InChI is InChI=1S/C17H24BrNO3/c1-19-7-6-17(5-4-12(20)10-15(17)19)11-8-13(18)16(22-3)14(9-11)21-2/h8-9,12,15,20H,4-7,10H2,1-3H3/t12?,15-,17-/m1/s1. The Kier molecular flexibility index (Phi) is 4.40. The first-order valence-corrected chi connectivity index (χ1v) is 8.61. The maximum atomic E-state index is 10.1. The molecule has 1 aromatic carbocycles. The van der Waals surface area contributed by atoms with Crippen molar-refractivity contribution in [3.63, 3.8) is 0 Å². The van der Waals surface area contributed by atoms with Crippen molar-refractivity contribution in [3.05, 3.63) is 22.2 Å². The average Bonchev–Trinajstić information content (AvgIpc) is 2.84. The van der Waals surface area contributed by atoms with Crippen LogP contribution in [0.4, 0.5) is 0 Å². The van der Waals surface area contributed by atoms with Crippen molar-refractivity contribution >= 4 is 15.9 Å². The van der Waals surface area contributed by atoms with Gasteiger partial charge >= 0.3 is 0 Å². The maximum absolute atomic E-state index is 10.1. The summed E-state index contributed by atoms with van der Waals surface area (Å²) in [4.78, 5) is 2.40. The Morgan fingerprint density at radius 1 is 1.27 bits per heavy atom. The Labute approximate surface area is 140 Å². The summed E-state index contributed by atoms with van der Waals surface area (Å²) in [6, 6.07) is 4.68. The highest BCUT2D eigenvalue weighted by Crippen LogP contribution is 2.51. The average molecular weight is 370 g/mol. The Morgan fingerprint density at radius 2 is 2.05 bits per heavy atom. The number of aliphatic hydroxyl groups is 1. The van der Waals surface area contributed by atoms with Crippen LogP contribution in [0.5, 0.6) is 11.5 Å². The highest BCUT2D eigenvalue weighted by atomic mass is 79.9. The van der Waals surface area contributed by atoms with Gasteiger partial charge in [-0.2, -0.15) is 0 Å². The number of aliphatic hydroxyl groups excluding tert-OH is 1. The first-order valence-electron chi connectivity index (χ1n) is 7.82. The van der Waals surface area contributed by atoms with Crippen LogP contribution < -0.4 is 9.47 Å². The van der Waals surface area contributed by atoms with Crippen LogP contribution in [0.25, 0.3) is 0 Å². The molecule has 1 saturated carbocycles. The summed E-state index contributed by atoms with van der Waals surface area (Å²) in [6.07, 6.45) is 3.69. The fourth-order valence-corrected chi connectivity index (χ4v) is 4.91. The molecule has 1 aliphatic carbocycles. The Hall–Kier alpha value is -0.780. The second-order valence-electron chi connectivity index (χ2n) is 6.52. The summed E-state index contributed by atoms with van der Waals surface area (Å²) in [6.45, 7) is 1.07. The van der Waals surface area contributed by atoms with E-state index in [2.05, 4.69) is 40.0 Å². The lowest BCUT2D eigenvalue weighted by atomic mass is 9.65. The summed E-state index contributed by atoms with van der Waals surface area (Å²) in [7, 11) is 5.50. The molecule has 5 heteroatoms. The van der Waals surface area contributed by atoms with Crippen molar-refractivity contribution in [2.24, 2.45) is 0 Å². The molecule has 1 saturated heterocycles. The van der Waals surface area contributed by atoms with Crippen LogP contribution in [-0.4, -0.2) is 50.0 Å². The number of rotatable bonds is 3. The monoisotopic (exact) mass is 369 g/mol. The van der Waals surface area contributed by atoms with E-state index in [1.165, 1.54) is 5.56 Å². The van der Waals surface area contributed by atoms with Crippen LogP contribution >= 0.6 is 15.9 Å². The van der Waals surface area contributed by atoms with E-state index in [1.54, 1.807) is 14.2 Å². The van der Waals surface area contributed by atoms with Crippen LogP contribution in [-0.2, 0) is 5.41 Å². The van der Waals surface area contributed by atoms with E-state index < -0.39 is 0 Å². The molecule has 0 bridgehead atoms. The fraction of sp³-hybridized carbons (Fsp3) is 0.647. The highest BCUT2D eigenvalue weighted by molar-refractivity contribution is 9.10. The minimum absolute atomic E-state index is 0.107. The second kappa shape index (κ2) is 6.02. The predicted molar refractivity (Wildman–Crippen MR) is 89.8 cm³/mol. The van der Waals surface area contributed by atoms with Gasteiger partial charge in [0.05, 0.1) is 24.8 Å². The molecule has 22 heavy (non-hydrogen) atoms. The van der Waals surface area contributed by atoms with Gasteiger partial charge in [0.1, 0.15) is 0 Å². The third kappa shape index (κ3) is 2.43. The third-order valence-corrected chi connectivity index (χ3v) is 6.10. The molecule has 0 spiro atoms. The molecule has 3 atom stereocenters. The Bertz CT molecular complexity index is 565. The van der Waals surface area contributed by atoms with Gasteiger partial charge in [0.15, 0.2) is 11.5 Å². The number of benzene rings is 1.